The quantitative estimate of drug-likeness (QED) is 0.372. The molecule has 1 amide bonds. The molecule has 2 aromatic heterocycles. The van der Waals surface area contributed by atoms with Gasteiger partial charge in [0.25, 0.3) is 0 Å². The Morgan fingerprint density at radius 2 is 1.88 bits per heavy atom. The molecule has 0 unspecified atom stereocenters. The standard InChI is InChI=1S/C24H19ClN6OS/c1-2-16-3-7-20(8-4-16)31-23(17-9-11-27-12-10-17)29-30-24(31)33-15-22(32)28-19-6-5-18(14-26)21(25)13-19/h3-13H,2,15H2,1H3,(H,28,32). The van der Waals surface area contributed by atoms with Crippen LogP contribution >= 0.6 is 23.4 Å². The highest BCUT2D eigenvalue weighted by atomic mass is 35.5. The fraction of sp³-hybridized carbons (Fsp3) is 0.125. The van der Waals surface area contributed by atoms with Crippen LogP contribution in [0.2, 0.25) is 5.02 Å². The van der Waals surface area contributed by atoms with Gasteiger partial charge in [-0.05, 0) is 54.4 Å². The Morgan fingerprint density at radius 1 is 1.12 bits per heavy atom. The van der Waals surface area contributed by atoms with Crippen LogP contribution in [0.3, 0.4) is 0 Å². The summed E-state index contributed by atoms with van der Waals surface area (Å²) < 4.78 is 1.94. The van der Waals surface area contributed by atoms with E-state index in [2.05, 4.69) is 39.6 Å². The van der Waals surface area contributed by atoms with E-state index in [9.17, 15) is 4.79 Å². The van der Waals surface area contributed by atoms with Crippen LogP contribution in [0.15, 0.2) is 72.1 Å². The number of pyridine rings is 1. The zero-order valence-corrected chi connectivity index (χ0v) is 19.3. The zero-order chi connectivity index (χ0) is 23.2. The van der Waals surface area contributed by atoms with E-state index in [1.54, 1.807) is 30.6 Å². The first kappa shape index (κ1) is 22.5. The van der Waals surface area contributed by atoms with Crippen LogP contribution in [0.4, 0.5) is 5.69 Å². The van der Waals surface area contributed by atoms with E-state index in [1.165, 1.54) is 17.3 Å². The molecule has 0 radical (unpaired) electrons. The summed E-state index contributed by atoms with van der Waals surface area (Å²) in [6.45, 7) is 2.11. The second kappa shape index (κ2) is 10.3. The molecule has 1 N–H and O–H groups in total. The van der Waals surface area contributed by atoms with Gasteiger partial charge in [-0.3, -0.25) is 14.3 Å². The Morgan fingerprint density at radius 3 is 2.55 bits per heavy atom. The fourth-order valence-electron chi connectivity index (χ4n) is 3.18. The van der Waals surface area contributed by atoms with Gasteiger partial charge in [-0.25, -0.2) is 0 Å². The van der Waals surface area contributed by atoms with E-state index in [4.69, 9.17) is 16.9 Å². The van der Waals surface area contributed by atoms with Crippen LogP contribution in [-0.2, 0) is 11.2 Å². The van der Waals surface area contributed by atoms with Gasteiger partial charge in [0.15, 0.2) is 11.0 Å². The summed E-state index contributed by atoms with van der Waals surface area (Å²) in [5.41, 5.74) is 3.90. The lowest BCUT2D eigenvalue weighted by Crippen LogP contribution is -2.14. The van der Waals surface area contributed by atoms with Crippen LogP contribution in [0.25, 0.3) is 17.1 Å². The lowest BCUT2D eigenvalue weighted by Gasteiger charge is -2.11. The van der Waals surface area contributed by atoms with Gasteiger partial charge in [-0.1, -0.05) is 42.4 Å². The number of halogens is 1. The SMILES string of the molecule is CCc1ccc(-n2c(SCC(=O)Nc3ccc(C#N)c(Cl)c3)nnc2-c2ccncc2)cc1. The lowest BCUT2D eigenvalue weighted by atomic mass is 10.1. The smallest absolute Gasteiger partial charge is 0.234 e. The van der Waals surface area contributed by atoms with Crippen molar-refractivity contribution < 1.29 is 4.79 Å². The number of carbonyl (C=O) groups is 1. The number of nitrogens with one attached hydrogen (secondary N) is 1. The molecular formula is C24H19ClN6OS. The second-order valence-corrected chi connectivity index (χ2v) is 8.39. The topological polar surface area (TPSA) is 96.5 Å². The monoisotopic (exact) mass is 474 g/mol. The third kappa shape index (κ3) is 5.22. The summed E-state index contributed by atoms with van der Waals surface area (Å²) >= 11 is 7.33. The van der Waals surface area contributed by atoms with Crippen LogP contribution in [0.1, 0.15) is 18.1 Å². The number of aromatic nitrogens is 4. The van der Waals surface area contributed by atoms with Crippen LogP contribution < -0.4 is 5.32 Å². The number of nitrogens with zero attached hydrogens (tertiary/aromatic N) is 5. The minimum absolute atomic E-state index is 0.124. The van der Waals surface area contributed by atoms with Crippen molar-refractivity contribution in [3.05, 3.63) is 83.1 Å². The molecule has 0 saturated carbocycles. The highest BCUT2D eigenvalue weighted by Crippen LogP contribution is 2.28. The Hall–Kier alpha value is -3.67. The van der Waals surface area contributed by atoms with Gasteiger partial charge >= 0.3 is 0 Å². The van der Waals surface area contributed by atoms with Crippen LogP contribution in [-0.4, -0.2) is 31.4 Å². The first-order valence-corrected chi connectivity index (χ1v) is 11.5. The Balaban J connectivity index is 1.57. The van der Waals surface area contributed by atoms with Crippen molar-refractivity contribution >= 4 is 35.0 Å². The van der Waals surface area contributed by atoms with E-state index in [-0.39, 0.29) is 11.7 Å². The summed E-state index contributed by atoms with van der Waals surface area (Å²) in [5.74, 6) is 0.574. The van der Waals surface area contributed by atoms with Crippen LogP contribution in [0.5, 0.6) is 0 Å². The highest BCUT2D eigenvalue weighted by molar-refractivity contribution is 7.99. The molecule has 0 atom stereocenters. The molecule has 164 valence electrons. The minimum Gasteiger partial charge on any atom is -0.325 e. The van der Waals surface area contributed by atoms with Crippen molar-refractivity contribution in [2.24, 2.45) is 0 Å². The van der Waals surface area contributed by atoms with E-state index < -0.39 is 0 Å². The molecule has 0 aliphatic carbocycles. The predicted octanol–water partition coefficient (Wildman–Crippen LogP) is 5.15. The average molecular weight is 475 g/mol. The second-order valence-electron chi connectivity index (χ2n) is 7.04. The Kier molecular flexibility index (Phi) is 7.03. The number of carbonyl (C=O) groups excluding carboxylic acids is 1. The normalized spacial score (nSPS) is 10.6. The van der Waals surface area contributed by atoms with E-state index in [0.717, 1.165) is 17.7 Å². The number of rotatable bonds is 7. The highest BCUT2D eigenvalue weighted by Gasteiger charge is 2.17. The largest absolute Gasteiger partial charge is 0.325 e. The predicted molar refractivity (Wildman–Crippen MR) is 129 cm³/mol. The first-order valence-electron chi connectivity index (χ1n) is 10.2. The van der Waals surface area contributed by atoms with Crippen molar-refractivity contribution in [2.45, 2.75) is 18.5 Å². The van der Waals surface area contributed by atoms with E-state index in [1.807, 2.05) is 34.9 Å². The number of aryl methyl sites for hydroxylation is 1. The molecule has 33 heavy (non-hydrogen) atoms. The number of nitriles is 1. The number of benzene rings is 2. The first-order chi connectivity index (χ1) is 16.1. The number of hydrogen-bond donors (Lipinski definition) is 1. The van der Waals surface area contributed by atoms with Gasteiger partial charge in [0.2, 0.25) is 5.91 Å². The van der Waals surface area contributed by atoms with E-state index >= 15 is 0 Å². The third-order valence-corrected chi connectivity index (χ3v) is 6.12. The molecule has 0 fully saturated rings. The van der Waals surface area contributed by atoms with Gasteiger partial charge in [0.1, 0.15) is 6.07 Å². The fourth-order valence-corrected chi connectivity index (χ4v) is 4.15. The molecule has 0 aliphatic heterocycles. The number of hydrogen-bond acceptors (Lipinski definition) is 6. The van der Waals surface area contributed by atoms with Crippen LogP contribution in [0, 0.1) is 11.3 Å². The molecule has 2 heterocycles. The van der Waals surface area contributed by atoms with Gasteiger partial charge in [-0.15, -0.1) is 10.2 Å². The Labute approximate surface area is 200 Å². The molecule has 7 nitrogen and oxygen atoms in total. The van der Waals surface area contributed by atoms with Crippen molar-refractivity contribution in [3.63, 3.8) is 0 Å². The summed E-state index contributed by atoms with van der Waals surface area (Å²) in [7, 11) is 0. The maximum absolute atomic E-state index is 12.6. The lowest BCUT2D eigenvalue weighted by molar-refractivity contribution is -0.113. The number of amides is 1. The molecule has 9 heteroatoms. The molecular weight excluding hydrogens is 456 g/mol. The molecule has 0 aliphatic rings. The summed E-state index contributed by atoms with van der Waals surface area (Å²) in [5, 5.41) is 21.4. The molecule has 0 saturated heterocycles. The van der Waals surface area contributed by atoms with Gasteiger partial charge in [0.05, 0.1) is 16.3 Å². The molecule has 0 bridgehead atoms. The van der Waals surface area contributed by atoms with E-state index in [0.29, 0.717) is 27.3 Å². The zero-order valence-electron chi connectivity index (χ0n) is 17.7. The van der Waals surface area contributed by atoms with Gasteiger partial charge in [-0.2, -0.15) is 5.26 Å². The number of anilines is 1. The van der Waals surface area contributed by atoms with Crippen molar-refractivity contribution in [1.29, 1.82) is 5.26 Å². The minimum atomic E-state index is -0.220. The Bertz CT molecular complexity index is 1320. The molecule has 4 aromatic rings. The third-order valence-electron chi connectivity index (χ3n) is 4.88. The van der Waals surface area contributed by atoms with Crippen molar-refractivity contribution in [2.75, 3.05) is 11.1 Å². The van der Waals surface area contributed by atoms with Gasteiger partial charge < -0.3 is 5.32 Å². The summed E-state index contributed by atoms with van der Waals surface area (Å²) in [6, 6.07) is 18.7. The number of thioether (sulfide) groups is 1. The van der Waals surface area contributed by atoms with Crippen molar-refractivity contribution in [3.8, 4) is 23.1 Å². The van der Waals surface area contributed by atoms with Gasteiger partial charge in [0, 0.05) is 29.3 Å². The average Bonchev–Trinajstić information content (AvgIpc) is 3.27. The maximum atomic E-state index is 12.6. The summed E-state index contributed by atoms with van der Waals surface area (Å²) in [6.07, 6.45) is 4.36. The van der Waals surface area contributed by atoms with Crippen molar-refractivity contribution in [1.82, 2.24) is 19.7 Å². The molecule has 2 aromatic carbocycles. The molecule has 4 rings (SSSR count). The maximum Gasteiger partial charge on any atom is 0.234 e. The molecule has 0 spiro atoms. The summed E-state index contributed by atoms with van der Waals surface area (Å²) in [4.78, 5) is 16.6.